The summed E-state index contributed by atoms with van der Waals surface area (Å²) in [6, 6.07) is 9.86. The van der Waals surface area contributed by atoms with Gasteiger partial charge in [-0.2, -0.15) is 0 Å². The molecule has 3 nitrogen and oxygen atoms in total. The van der Waals surface area contributed by atoms with Gasteiger partial charge < -0.3 is 9.72 Å². The van der Waals surface area contributed by atoms with E-state index >= 15 is 0 Å². The van der Waals surface area contributed by atoms with Crippen molar-refractivity contribution < 1.29 is 4.74 Å². The summed E-state index contributed by atoms with van der Waals surface area (Å²) in [5.41, 5.74) is 1.76. The van der Waals surface area contributed by atoms with Crippen LogP contribution in [0.25, 0.3) is 10.9 Å². The van der Waals surface area contributed by atoms with Crippen molar-refractivity contribution in [2.45, 2.75) is 6.92 Å². The fourth-order valence-electron chi connectivity index (χ4n) is 1.42. The third kappa shape index (κ3) is 2.30. The lowest BCUT2D eigenvalue weighted by atomic mass is 10.2. The summed E-state index contributed by atoms with van der Waals surface area (Å²) >= 11 is 0. The predicted molar refractivity (Wildman–Crippen MR) is 64.0 cm³/mol. The standard InChI is InChI=1S/C11H12N2O.ClH/c1-2-14-11(12)10-7-8-5-3-4-6-9(8)13-10;/h3-7,12-13H,2H2,1H3;1H. The van der Waals surface area contributed by atoms with Gasteiger partial charge in [-0.1, -0.05) is 18.2 Å². The smallest absolute Gasteiger partial charge is 0.230 e. The van der Waals surface area contributed by atoms with Crippen molar-refractivity contribution in [3.05, 3.63) is 36.0 Å². The Hall–Kier alpha value is -1.48. The zero-order valence-electron chi connectivity index (χ0n) is 8.41. The van der Waals surface area contributed by atoms with Crippen LogP contribution in [0.5, 0.6) is 0 Å². The molecule has 0 bridgehead atoms. The summed E-state index contributed by atoms with van der Waals surface area (Å²) in [5, 5.41) is 8.71. The molecule has 0 saturated heterocycles. The molecule has 0 atom stereocenters. The molecular weight excluding hydrogens is 212 g/mol. The molecule has 0 spiro atoms. The first-order valence-corrected chi connectivity index (χ1v) is 4.60. The van der Waals surface area contributed by atoms with Crippen molar-refractivity contribution >= 4 is 29.2 Å². The number of aromatic amines is 1. The minimum absolute atomic E-state index is 0. The highest BCUT2D eigenvalue weighted by Gasteiger charge is 2.05. The van der Waals surface area contributed by atoms with E-state index in [0.29, 0.717) is 6.61 Å². The summed E-state index contributed by atoms with van der Waals surface area (Å²) in [4.78, 5) is 3.13. The second-order valence-electron chi connectivity index (χ2n) is 3.03. The molecule has 0 unspecified atom stereocenters. The zero-order chi connectivity index (χ0) is 9.97. The number of nitrogens with one attached hydrogen (secondary N) is 2. The van der Waals surface area contributed by atoms with Crippen molar-refractivity contribution in [2.75, 3.05) is 6.61 Å². The third-order valence-electron chi connectivity index (χ3n) is 2.06. The Labute approximate surface area is 94.4 Å². The maximum atomic E-state index is 7.61. The molecule has 0 radical (unpaired) electrons. The van der Waals surface area contributed by atoms with Crippen molar-refractivity contribution in [1.82, 2.24) is 4.98 Å². The Kier molecular flexibility index (Phi) is 3.74. The van der Waals surface area contributed by atoms with Crippen LogP contribution < -0.4 is 0 Å². The van der Waals surface area contributed by atoms with Crippen molar-refractivity contribution in [1.29, 1.82) is 5.41 Å². The molecule has 4 heteroatoms. The molecule has 0 aliphatic carbocycles. The first kappa shape index (κ1) is 11.6. The van der Waals surface area contributed by atoms with Crippen molar-refractivity contribution in [3.63, 3.8) is 0 Å². The summed E-state index contributed by atoms with van der Waals surface area (Å²) in [7, 11) is 0. The van der Waals surface area contributed by atoms with Gasteiger partial charge in [-0.05, 0) is 19.1 Å². The van der Waals surface area contributed by atoms with Gasteiger partial charge in [-0.3, -0.25) is 5.41 Å². The van der Waals surface area contributed by atoms with Crippen LogP contribution in [0.1, 0.15) is 12.6 Å². The van der Waals surface area contributed by atoms with E-state index in [9.17, 15) is 0 Å². The first-order valence-electron chi connectivity index (χ1n) is 4.60. The number of fused-ring (bicyclic) bond motifs is 1. The number of para-hydroxylation sites is 1. The van der Waals surface area contributed by atoms with E-state index in [1.807, 2.05) is 37.3 Å². The molecule has 1 aromatic heterocycles. The lowest BCUT2D eigenvalue weighted by Gasteiger charge is -2.00. The lowest BCUT2D eigenvalue weighted by molar-refractivity contribution is 0.325. The zero-order valence-corrected chi connectivity index (χ0v) is 9.23. The minimum Gasteiger partial charge on any atom is -0.477 e. The van der Waals surface area contributed by atoms with Crippen LogP contribution in [0.4, 0.5) is 0 Å². The number of hydrogen-bond acceptors (Lipinski definition) is 2. The molecular formula is C11H13ClN2O. The second kappa shape index (κ2) is 4.84. The first-order chi connectivity index (χ1) is 6.81. The summed E-state index contributed by atoms with van der Waals surface area (Å²) in [6.07, 6.45) is 0. The maximum Gasteiger partial charge on any atom is 0.230 e. The van der Waals surface area contributed by atoms with Crippen LogP contribution in [0, 0.1) is 5.41 Å². The number of benzene rings is 1. The predicted octanol–water partition coefficient (Wildman–Crippen LogP) is 2.95. The number of halogens is 1. The van der Waals surface area contributed by atoms with Gasteiger partial charge in [0.2, 0.25) is 5.90 Å². The monoisotopic (exact) mass is 224 g/mol. The van der Waals surface area contributed by atoms with Gasteiger partial charge in [0.15, 0.2) is 0 Å². The average molecular weight is 225 g/mol. The van der Waals surface area contributed by atoms with Crippen LogP contribution in [0.2, 0.25) is 0 Å². The number of H-pyrrole nitrogens is 1. The lowest BCUT2D eigenvalue weighted by Crippen LogP contribution is -2.04. The molecule has 80 valence electrons. The minimum atomic E-state index is 0. The fraction of sp³-hybridized carbons (Fsp3) is 0.182. The van der Waals surface area contributed by atoms with E-state index < -0.39 is 0 Å². The Morgan fingerprint density at radius 1 is 1.40 bits per heavy atom. The highest BCUT2D eigenvalue weighted by Crippen LogP contribution is 2.14. The molecule has 2 N–H and O–H groups in total. The quantitative estimate of drug-likeness (QED) is 0.598. The normalized spacial score (nSPS) is 9.67. The van der Waals surface area contributed by atoms with Gasteiger partial charge in [0.25, 0.3) is 0 Å². The molecule has 0 aliphatic rings. The van der Waals surface area contributed by atoms with Gasteiger partial charge in [0.1, 0.15) is 5.69 Å². The Bertz CT molecular complexity index is 431. The average Bonchev–Trinajstić information content (AvgIpc) is 2.61. The molecule has 2 aromatic rings. The summed E-state index contributed by atoms with van der Waals surface area (Å²) < 4.78 is 5.11. The molecule has 0 amide bonds. The van der Waals surface area contributed by atoms with E-state index in [-0.39, 0.29) is 18.3 Å². The Balaban J connectivity index is 0.00000112. The highest BCUT2D eigenvalue weighted by molar-refractivity contribution is 5.96. The summed E-state index contributed by atoms with van der Waals surface area (Å²) in [6.45, 7) is 2.39. The summed E-state index contributed by atoms with van der Waals surface area (Å²) in [5.74, 6) is 0.198. The van der Waals surface area contributed by atoms with E-state index in [0.717, 1.165) is 16.6 Å². The van der Waals surface area contributed by atoms with E-state index in [2.05, 4.69) is 4.98 Å². The van der Waals surface area contributed by atoms with Gasteiger partial charge in [0.05, 0.1) is 6.61 Å². The number of rotatable bonds is 2. The van der Waals surface area contributed by atoms with Gasteiger partial charge >= 0.3 is 0 Å². The third-order valence-corrected chi connectivity index (χ3v) is 2.06. The number of hydrogen-bond donors (Lipinski definition) is 2. The van der Waals surface area contributed by atoms with Gasteiger partial charge in [0, 0.05) is 10.9 Å². The van der Waals surface area contributed by atoms with Crippen LogP contribution in [0.3, 0.4) is 0 Å². The van der Waals surface area contributed by atoms with E-state index in [1.54, 1.807) is 0 Å². The molecule has 0 fully saturated rings. The highest BCUT2D eigenvalue weighted by atomic mass is 35.5. The second-order valence-corrected chi connectivity index (χ2v) is 3.03. The molecule has 15 heavy (non-hydrogen) atoms. The fourth-order valence-corrected chi connectivity index (χ4v) is 1.42. The molecule has 1 heterocycles. The molecule has 0 saturated carbocycles. The van der Waals surface area contributed by atoms with E-state index in [4.69, 9.17) is 10.1 Å². The molecule has 2 rings (SSSR count). The van der Waals surface area contributed by atoms with Crippen LogP contribution in [-0.2, 0) is 4.74 Å². The topological polar surface area (TPSA) is 48.9 Å². The Morgan fingerprint density at radius 3 is 2.80 bits per heavy atom. The maximum absolute atomic E-state index is 7.61. The SMILES string of the molecule is CCOC(=N)c1cc2ccccc2[nH]1.Cl. The number of ether oxygens (including phenoxy) is 1. The van der Waals surface area contributed by atoms with Crippen molar-refractivity contribution in [3.8, 4) is 0 Å². The van der Waals surface area contributed by atoms with Crippen LogP contribution in [0.15, 0.2) is 30.3 Å². The van der Waals surface area contributed by atoms with Crippen molar-refractivity contribution in [2.24, 2.45) is 0 Å². The largest absolute Gasteiger partial charge is 0.477 e. The van der Waals surface area contributed by atoms with E-state index in [1.165, 1.54) is 0 Å². The number of aromatic nitrogens is 1. The molecule has 0 aliphatic heterocycles. The van der Waals surface area contributed by atoms with Gasteiger partial charge in [-0.25, -0.2) is 0 Å². The Morgan fingerprint density at radius 2 is 2.13 bits per heavy atom. The van der Waals surface area contributed by atoms with Crippen LogP contribution >= 0.6 is 12.4 Å². The molecule has 1 aromatic carbocycles. The van der Waals surface area contributed by atoms with Gasteiger partial charge in [-0.15, -0.1) is 12.4 Å². The van der Waals surface area contributed by atoms with Crippen LogP contribution in [-0.4, -0.2) is 17.5 Å².